The molecule has 0 saturated carbocycles. The number of rotatable bonds is 5. The fourth-order valence-corrected chi connectivity index (χ4v) is 2.48. The lowest BCUT2D eigenvalue weighted by Gasteiger charge is -2.48. The molecule has 1 aliphatic heterocycles. The van der Waals surface area contributed by atoms with E-state index in [4.69, 9.17) is 5.11 Å². The van der Waals surface area contributed by atoms with Gasteiger partial charge in [-0.25, -0.2) is 0 Å². The molecule has 2 rings (SSSR count). The molecule has 0 atom stereocenters. The Morgan fingerprint density at radius 2 is 2.22 bits per heavy atom. The van der Waals surface area contributed by atoms with E-state index in [0.29, 0.717) is 0 Å². The number of benzene rings is 1. The molecule has 1 aromatic carbocycles. The zero-order valence-corrected chi connectivity index (χ0v) is 10.9. The van der Waals surface area contributed by atoms with Crippen LogP contribution in [0.4, 0.5) is 0 Å². The highest BCUT2D eigenvalue weighted by molar-refractivity contribution is 5.68. The SMILES string of the molecule is Cc1cccc(CN(C)C2(CC(=O)O)CNC2)c1. The fraction of sp³-hybridized carbons (Fsp3) is 0.500. The number of carboxylic acid groups (broad SMARTS) is 1. The van der Waals surface area contributed by atoms with Crippen molar-refractivity contribution in [2.45, 2.75) is 25.4 Å². The number of hydrogen-bond donors (Lipinski definition) is 2. The maximum atomic E-state index is 11.0. The Labute approximate surface area is 108 Å². The van der Waals surface area contributed by atoms with Gasteiger partial charge in [0.2, 0.25) is 0 Å². The summed E-state index contributed by atoms with van der Waals surface area (Å²) in [7, 11) is 2.01. The maximum Gasteiger partial charge on any atom is 0.305 e. The number of aliphatic carboxylic acids is 1. The lowest BCUT2D eigenvalue weighted by atomic mass is 9.86. The molecule has 18 heavy (non-hydrogen) atoms. The average Bonchev–Trinajstić information content (AvgIpc) is 2.23. The molecule has 1 fully saturated rings. The van der Waals surface area contributed by atoms with Gasteiger partial charge in [0.25, 0.3) is 0 Å². The number of nitrogens with zero attached hydrogens (tertiary/aromatic N) is 1. The Bertz CT molecular complexity index is 441. The van der Waals surface area contributed by atoms with Crippen LogP contribution >= 0.6 is 0 Å². The third kappa shape index (κ3) is 2.71. The van der Waals surface area contributed by atoms with Gasteiger partial charge in [0.15, 0.2) is 0 Å². The first-order chi connectivity index (χ1) is 8.52. The lowest BCUT2D eigenvalue weighted by molar-refractivity contribution is -0.141. The minimum Gasteiger partial charge on any atom is -0.481 e. The molecule has 0 unspecified atom stereocenters. The third-order valence-corrected chi connectivity index (χ3v) is 3.70. The van der Waals surface area contributed by atoms with Crippen LogP contribution in [0.3, 0.4) is 0 Å². The van der Waals surface area contributed by atoms with E-state index < -0.39 is 5.97 Å². The largest absolute Gasteiger partial charge is 0.481 e. The molecule has 0 aliphatic carbocycles. The van der Waals surface area contributed by atoms with Crippen molar-refractivity contribution in [3.8, 4) is 0 Å². The summed E-state index contributed by atoms with van der Waals surface area (Å²) >= 11 is 0. The molecule has 0 amide bonds. The van der Waals surface area contributed by atoms with Crippen molar-refractivity contribution in [1.29, 1.82) is 0 Å². The van der Waals surface area contributed by atoms with E-state index in [1.165, 1.54) is 11.1 Å². The van der Waals surface area contributed by atoms with Crippen LogP contribution in [0.1, 0.15) is 17.5 Å². The maximum absolute atomic E-state index is 11.0. The highest BCUT2D eigenvalue weighted by Crippen LogP contribution is 2.25. The number of aryl methyl sites for hydroxylation is 1. The van der Waals surface area contributed by atoms with Crippen molar-refractivity contribution in [3.63, 3.8) is 0 Å². The van der Waals surface area contributed by atoms with Crippen LogP contribution in [0, 0.1) is 6.92 Å². The van der Waals surface area contributed by atoms with Gasteiger partial charge in [-0.15, -0.1) is 0 Å². The molecule has 1 aliphatic rings. The molecule has 98 valence electrons. The first kappa shape index (κ1) is 13.1. The van der Waals surface area contributed by atoms with Gasteiger partial charge in [-0.1, -0.05) is 29.8 Å². The molecule has 2 N–H and O–H groups in total. The fourth-order valence-electron chi connectivity index (χ4n) is 2.48. The van der Waals surface area contributed by atoms with Gasteiger partial charge >= 0.3 is 5.97 Å². The van der Waals surface area contributed by atoms with Crippen molar-refractivity contribution in [2.75, 3.05) is 20.1 Å². The highest BCUT2D eigenvalue weighted by Gasteiger charge is 2.42. The van der Waals surface area contributed by atoms with E-state index in [-0.39, 0.29) is 12.0 Å². The lowest BCUT2D eigenvalue weighted by Crippen LogP contribution is -2.68. The molecule has 1 saturated heterocycles. The summed E-state index contributed by atoms with van der Waals surface area (Å²) in [6, 6.07) is 8.35. The molecule has 4 nitrogen and oxygen atoms in total. The van der Waals surface area contributed by atoms with E-state index in [1.807, 2.05) is 13.1 Å². The summed E-state index contributed by atoms with van der Waals surface area (Å²) in [5.41, 5.74) is 2.24. The second-order valence-electron chi connectivity index (χ2n) is 5.24. The molecular formula is C14H20N2O2. The number of carbonyl (C=O) groups is 1. The van der Waals surface area contributed by atoms with Crippen LogP contribution in [0.2, 0.25) is 0 Å². The van der Waals surface area contributed by atoms with Gasteiger partial charge in [0.05, 0.1) is 12.0 Å². The highest BCUT2D eigenvalue weighted by atomic mass is 16.4. The Morgan fingerprint density at radius 1 is 1.50 bits per heavy atom. The quantitative estimate of drug-likeness (QED) is 0.823. The number of likely N-dealkylation sites (N-methyl/N-ethyl adjacent to an activating group) is 1. The first-order valence-corrected chi connectivity index (χ1v) is 6.21. The van der Waals surface area contributed by atoms with E-state index in [0.717, 1.165) is 19.6 Å². The zero-order valence-electron chi connectivity index (χ0n) is 10.9. The standard InChI is InChI=1S/C14H20N2O2/c1-11-4-3-5-12(6-11)8-16(2)14(7-13(17)18)9-15-10-14/h3-6,15H,7-10H2,1-2H3,(H,17,18). The Hall–Kier alpha value is -1.39. The second-order valence-corrected chi connectivity index (χ2v) is 5.24. The molecule has 0 aromatic heterocycles. The molecular weight excluding hydrogens is 228 g/mol. The molecule has 4 heteroatoms. The zero-order chi connectivity index (χ0) is 13.2. The van der Waals surface area contributed by atoms with Gasteiger partial charge < -0.3 is 10.4 Å². The topological polar surface area (TPSA) is 52.6 Å². The van der Waals surface area contributed by atoms with Gasteiger partial charge in [-0.05, 0) is 19.5 Å². The minimum atomic E-state index is -0.729. The van der Waals surface area contributed by atoms with Crippen LogP contribution in [0.15, 0.2) is 24.3 Å². The Kier molecular flexibility index (Phi) is 3.68. The number of carboxylic acids is 1. The first-order valence-electron chi connectivity index (χ1n) is 6.21. The smallest absolute Gasteiger partial charge is 0.305 e. The van der Waals surface area contributed by atoms with Gasteiger partial charge in [-0.2, -0.15) is 0 Å². The Morgan fingerprint density at radius 3 is 2.72 bits per heavy atom. The van der Waals surface area contributed by atoms with Crippen molar-refractivity contribution in [3.05, 3.63) is 35.4 Å². The average molecular weight is 248 g/mol. The van der Waals surface area contributed by atoms with Crippen molar-refractivity contribution in [2.24, 2.45) is 0 Å². The second kappa shape index (κ2) is 5.08. The number of hydrogen-bond acceptors (Lipinski definition) is 3. The minimum absolute atomic E-state index is 0.197. The summed E-state index contributed by atoms with van der Waals surface area (Å²) in [6.07, 6.45) is 0.197. The van der Waals surface area contributed by atoms with Crippen LogP contribution in [0.5, 0.6) is 0 Å². The normalized spacial score (nSPS) is 17.5. The summed E-state index contributed by atoms with van der Waals surface area (Å²) in [5.74, 6) is -0.729. The van der Waals surface area contributed by atoms with Gasteiger partial charge in [0, 0.05) is 19.6 Å². The monoisotopic (exact) mass is 248 g/mol. The summed E-state index contributed by atoms with van der Waals surface area (Å²) in [4.78, 5) is 13.1. The summed E-state index contributed by atoms with van der Waals surface area (Å²) in [5, 5.41) is 12.2. The van der Waals surface area contributed by atoms with Gasteiger partial charge in [-0.3, -0.25) is 9.69 Å². The van der Waals surface area contributed by atoms with Gasteiger partial charge in [0.1, 0.15) is 0 Å². The van der Waals surface area contributed by atoms with Crippen LogP contribution in [-0.2, 0) is 11.3 Å². The van der Waals surface area contributed by atoms with Crippen LogP contribution < -0.4 is 5.32 Å². The Balaban J connectivity index is 2.06. The van der Waals surface area contributed by atoms with Crippen molar-refractivity contribution in [1.82, 2.24) is 10.2 Å². The molecule has 1 aromatic rings. The van der Waals surface area contributed by atoms with Crippen LogP contribution in [-0.4, -0.2) is 41.7 Å². The van der Waals surface area contributed by atoms with E-state index in [2.05, 4.69) is 35.3 Å². The van der Waals surface area contributed by atoms with E-state index in [1.54, 1.807) is 0 Å². The van der Waals surface area contributed by atoms with E-state index >= 15 is 0 Å². The molecule has 0 spiro atoms. The number of nitrogens with one attached hydrogen (secondary N) is 1. The predicted octanol–water partition coefficient (Wildman–Crippen LogP) is 1.24. The molecule has 1 heterocycles. The predicted molar refractivity (Wildman–Crippen MR) is 70.5 cm³/mol. The summed E-state index contributed by atoms with van der Waals surface area (Å²) in [6.45, 7) is 4.36. The van der Waals surface area contributed by atoms with Crippen molar-refractivity contribution < 1.29 is 9.90 Å². The molecule has 0 radical (unpaired) electrons. The van der Waals surface area contributed by atoms with Crippen LogP contribution in [0.25, 0.3) is 0 Å². The molecule has 0 bridgehead atoms. The van der Waals surface area contributed by atoms with Crippen molar-refractivity contribution >= 4 is 5.97 Å². The summed E-state index contributed by atoms with van der Waals surface area (Å²) < 4.78 is 0. The van der Waals surface area contributed by atoms with E-state index in [9.17, 15) is 4.79 Å². The third-order valence-electron chi connectivity index (χ3n) is 3.70.